The Kier molecular flexibility index (Phi) is 4.85. The Hall–Kier alpha value is -2.34. The Balaban J connectivity index is 1.67. The number of carbonyl (C=O) groups excluding carboxylic acids is 2. The number of benzene rings is 1. The molecule has 0 saturated carbocycles. The highest BCUT2D eigenvalue weighted by atomic mass is 35.5. The molecule has 0 unspecified atom stereocenters. The van der Waals surface area contributed by atoms with Crippen LogP contribution in [0.5, 0.6) is 0 Å². The van der Waals surface area contributed by atoms with E-state index in [9.17, 15) is 9.59 Å². The first-order valence-corrected chi connectivity index (χ1v) is 8.20. The van der Waals surface area contributed by atoms with Crippen molar-refractivity contribution in [3.8, 4) is 0 Å². The van der Waals surface area contributed by atoms with Crippen LogP contribution in [0.4, 0.5) is 0 Å². The summed E-state index contributed by atoms with van der Waals surface area (Å²) in [6, 6.07) is 8.78. The second-order valence-corrected chi connectivity index (χ2v) is 6.33. The van der Waals surface area contributed by atoms with Crippen molar-refractivity contribution in [2.24, 2.45) is 0 Å². The van der Waals surface area contributed by atoms with Gasteiger partial charge in [-0.25, -0.2) is 0 Å². The molecule has 1 N–H and O–H groups in total. The van der Waals surface area contributed by atoms with Gasteiger partial charge in [0.05, 0.1) is 12.1 Å². The quantitative estimate of drug-likeness (QED) is 0.900. The highest BCUT2D eigenvalue weighted by Gasteiger charge is 2.39. The number of halogens is 1. The van der Waals surface area contributed by atoms with E-state index in [1.165, 1.54) is 0 Å². The van der Waals surface area contributed by atoms with Crippen LogP contribution in [0.2, 0.25) is 5.02 Å². The lowest BCUT2D eigenvalue weighted by Gasteiger charge is -2.26. The number of rotatable bonds is 5. The number of nitrogens with zero attached hydrogens (tertiary/aromatic N) is 3. The zero-order valence-corrected chi connectivity index (χ0v) is 14.1. The van der Waals surface area contributed by atoms with Gasteiger partial charge in [0.25, 0.3) is 0 Å². The molecule has 0 spiro atoms. The molecule has 1 saturated heterocycles. The summed E-state index contributed by atoms with van der Waals surface area (Å²) in [5, 5.41) is 7.71. The van der Waals surface area contributed by atoms with Crippen LogP contribution in [0.15, 0.2) is 42.7 Å². The lowest BCUT2D eigenvalue weighted by Crippen LogP contribution is -2.39. The summed E-state index contributed by atoms with van der Waals surface area (Å²) in [6.45, 7) is 0.515. The Morgan fingerprint density at radius 2 is 2.12 bits per heavy atom. The van der Waals surface area contributed by atoms with E-state index in [-0.39, 0.29) is 23.9 Å². The number of likely N-dealkylation sites (N-methyl/N-ethyl adjacent to an activating group) is 1. The normalized spacial score (nSPS) is 20.4. The van der Waals surface area contributed by atoms with Crippen molar-refractivity contribution in [2.75, 3.05) is 7.05 Å². The molecule has 1 aliphatic heterocycles. The number of hydrogen-bond donors (Lipinski definition) is 1. The van der Waals surface area contributed by atoms with Gasteiger partial charge in [-0.2, -0.15) is 5.10 Å². The molecule has 2 amide bonds. The van der Waals surface area contributed by atoms with Gasteiger partial charge in [-0.1, -0.05) is 23.7 Å². The second kappa shape index (κ2) is 7.05. The predicted octanol–water partition coefficient (Wildman–Crippen LogP) is 2.01. The first kappa shape index (κ1) is 16.5. The molecule has 0 bridgehead atoms. The first-order chi connectivity index (χ1) is 11.5. The minimum absolute atomic E-state index is 0.0207. The summed E-state index contributed by atoms with van der Waals surface area (Å²) in [5.74, 6) is -0.0649. The van der Waals surface area contributed by atoms with Crippen LogP contribution in [0.25, 0.3) is 0 Å². The summed E-state index contributed by atoms with van der Waals surface area (Å²) in [5.41, 5.74) is 0.963. The van der Waals surface area contributed by atoms with Crippen molar-refractivity contribution in [3.05, 3.63) is 53.3 Å². The van der Waals surface area contributed by atoms with Gasteiger partial charge >= 0.3 is 0 Å². The summed E-state index contributed by atoms with van der Waals surface area (Å²) < 4.78 is 1.71. The first-order valence-electron chi connectivity index (χ1n) is 7.82. The van der Waals surface area contributed by atoms with E-state index in [0.29, 0.717) is 24.4 Å². The molecule has 1 aromatic heterocycles. The number of likely N-dealkylation sites (tertiary alicyclic amines) is 1. The smallest absolute Gasteiger partial charge is 0.225 e. The fraction of sp³-hybridized carbons (Fsp3) is 0.353. The minimum atomic E-state index is -0.242. The van der Waals surface area contributed by atoms with Crippen LogP contribution < -0.4 is 5.32 Å². The summed E-state index contributed by atoms with van der Waals surface area (Å²) >= 11 is 5.94. The average Bonchev–Trinajstić information content (AvgIpc) is 3.16. The van der Waals surface area contributed by atoms with Crippen LogP contribution in [-0.4, -0.2) is 39.6 Å². The Labute approximate surface area is 145 Å². The van der Waals surface area contributed by atoms with Gasteiger partial charge in [0, 0.05) is 43.9 Å². The number of amides is 2. The van der Waals surface area contributed by atoms with Crippen LogP contribution >= 0.6 is 11.6 Å². The summed E-state index contributed by atoms with van der Waals surface area (Å²) in [6.07, 6.45) is 4.12. The number of nitrogens with one attached hydrogen (secondary N) is 1. The molecule has 0 radical (unpaired) electrons. The van der Waals surface area contributed by atoms with E-state index in [0.717, 1.165) is 5.56 Å². The SMILES string of the molecule is CN1C(=O)C[C@H](NC(=O)CCn2cccn2)[C@H]1c1ccc(Cl)cc1. The zero-order chi connectivity index (χ0) is 17.1. The third-order valence-electron chi connectivity index (χ3n) is 4.27. The van der Waals surface area contributed by atoms with Crippen LogP contribution in [0, 0.1) is 0 Å². The fourth-order valence-electron chi connectivity index (χ4n) is 3.04. The molecule has 126 valence electrons. The molecule has 7 heteroatoms. The lowest BCUT2D eigenvalue weighted by atomic mass is 10.00. The Morgan fingerprint density at radius 3 is 2.79 bits per heavy atom. The van der Waals surface area contributed by atoms with E-state index in [1.807, 2.05) is 24.4 Å². The second-order valence-electron chi connectivity index (χ2n) is 5.90. The molecule has 6 nitrogen and oxygen atoms in total. The number of aromatic nitrogens is 2. The molecular weight excluding hydrogens is 328 g/mol. The van der Waals surface area contributed by atoms with Crippen LogP contribution in [-0.2, 0) is 16.1 Å². The van der Waals surface area contributed by atoms with Gasteiger partial charge in [0.1, 0.15) is 0 Å². The van der Waals surface area contributed by atoms with Gasteiger partial charge in [0.15, 0.2) is 0 Å². The topological polar surface area (TPSA) is 67.2 Å². The van der Waals surface area contributed by atoms with Gasteiger partial charge < -0.3 is 10.2 Å². The van der Waals surface area contributed by atoms with Gasteiger partial charge in [0.2, 0.25) is 11.8 Å². The van der Waals surface area contributed by atoms with Crippen molar-refractivity contribution in [3.63, 3.8) is 0 Å². The van der Waals surface area contributed by atoms with Crippen molar-refractivity contribution in [2.45, 2.75) is 31.5 Å². The summed E-state index contributed by atoms with van der Waals surface area (Å²) in [4.78, 5) is 26.0. The maximum atomic E-state index is 12.2. The van der Waals surface area contributed by atoms with Gasteiger partial charge in [-0.05, 0) is 23.8 Å². The third-order valence-corrected chi connectivity index (χ3v) is 4.52. The largest absolute Gasteiger partial charge is 0.350 e. The van der Waals surface area contributed by atoms with Crippen LogP contribution in [0.1, 0.15) is 24.4 Å². The maximum Gasteiger partial charge on any atom is 0.225 e. The molecule has 2 aromatic rings. The average molecular weight is 347 g/mol. The lowest BCUT2D eigenvalue weighted by molar-refractivity contribution is -0.127. The van der Waals surface area contributed by atoms with E-state index in [4.69, 9.17) is 11.6 Å². The van der Waals surface area contributed by atoms with E-state index in [2.05, 4.69) is 10.4 Å². The zero-order valence-electron chi connectivity index (χ0n) is 13.4. The van der Waals surface area contributed by atoms with Crippen molar-refractivity contribution < 1.29 is 9.59 Å². The van der Waals surface area contributed by atoms with Gasteiger partial charge in [-0.15, -0.1) is 0 Å². The van der Waals surface area contributed by atoms with E-state index >= 15 is 0 Å². The molecular formula is C17H19ClN4O2. The van der Waals surface area contributed by atoms with Crippen molar-refractivity contribution in [1.82, 2.24) is 20.0 Å². The maximum absolute atomic E-state index is 12.2. The highest BCUT2D eigenvalue weighted by Crippen LogP contribution is 2.32. The Bertz CT molecular complexity index is 715. The van der Waals surface area contributed by atoms with Crippen LogP contribution in [0.3, 0.4) is 0 Å². The van der Waals surface area contributed by atoms with E-state index in [1.54, 1.807) is 35.0 Å². The monoisotopic (exact) mass is 346 g/mol. The third kappa shape index (κ3) is 3.59. The van der Waals surface area contributed by atoms with E-state index < -0.39 is 0 Å². The van der Waals surface area contributed by atoms with Crippen molar-refractivity contribution >= 4 is 23.4 Å². The van der Waals surface area contributed by atoms with Gasteiger partial charge in [-0.3, -0.25) is 14.3 Å². The molecule has 1 aromatic carbocycles. The molecule has 3 rings (SSSR count). The molecule has 1 fully saturated rings. The Morgan fingerprint density at radius 1 is 1.38 bits per heavy atom. The molecule has 0 aliphatic carbocycles. The highest BCUT2D eigenvalue weighted by molar-refractivity contribution is 6.30. The van der Waals surface area contributed by atoms with Crippen molar-refractivity contribution in [1.29, 1.82) is 0 Å². The molecule has 1 aliphatic rings. The number of aryl methyl sites for hydroxylation is 1. The molecule has 2 atom stereocenters. The number of hydrogen-bond acceptors (Lipinski definition) is 3. The predicted molar refractivity (Wildman–Crippen MR) is 90.4 cm³/mol. The molecule has 2 heterocycles. The minimum Gasteiger partial charge on any atom is -0.350 e. The molecule has 24 heavy (non-hydrogen) atoms. The number of carbonyl (C=O) groups is 2. The summed E-state index contributed by atoms with van der Waals surface area (Å²) in [7, 11) is 1.76. The fourth-order valence-corrected chi connectivity index (χ4v) is 3.17. The standard InChI is InChI=1S/C17H19ClN4O2/c1-21-16(24)11-14(17(21)12-3-5-13(18)6-4-12)20-15(23)7-10-22-9-2-8-19-22/h2-6,8-9,14,17H,7,10-11H2,1H3,(H,20,23)/t14-,17+/m0/s1.